The third-order valence-corrected chi connectivity index (χ3v) is 6.93. The molecule has 0 saturated carbocycles. The number of rotatable bonds is 4. The molecule has 8 heteroatoms. The maximum Gasteiger partial charge on any atom is 0.249 e. The van der Waals surface area contributed by atoms with Crippen LogP contribution in [0, 0.1) is 11.8 Å². The van der Waals surface area contributed by atoms with Crippen molar-refractivity contribution in [1.29, 1.82) is 0 Å². The fourth-order valence-corrected chi connectivity index (χ4v) is 5.46. The Morgan fingerprint density at radius 1 is 0.886 bits per heavy atom. The Morgan fingerprint density at radius 3 is 2.37 bits per heavy atom. The normalized spacial score (nSPS) is 24.1. The zero-order chi connectivity index (χ0) is 24.1. The lowest BCUT2D eigenvalue weighted by Gasteiger charge is -2.33. The van der Waals surface area contributed by atoms with Gasteiger partial charge in [0.05, 0.1) is 36.9 Å². The molecule has 174 valence electrons. The van der Waals surface area contributed by atoms with E-state index < -0.39 is 29.8 Å². The molecular weight excluding hydrogens is 444 g/mol. The van der Waals surface area contributed by atoms with Gasteiger partial charge in [-0.05, 0) is 35.4 Å². The lowest BCUT2D eigenvalue weighted by Crippen LogP contribution is -2.46. The van der Waals surface area contributed by atoms with E-state index in [4.69, 9.17) is 4.74 Å². The SMILES string of the molecule is COc1ccccc1N1C(=O)C2C(C1=O)C1c3ccccc3C=NN1C2C(=O)Nc1ccccc1. The molecule has 6 rings (SSSR count). The molecule has 1 N–H and O–H groups in total. The van der Waals surface area contributed by atoms with Gasteiger partial charge >= 0.3 is 0 Å². The number of nitrogens with one attached hydrogen (secondary N) is 1. The van der Waals surface area contributed by atoms with Crippen LogP contribution in [-0.2, 0) is 14.4 Å². The molecule has 0 spiro atoms. The number of anilines is 2. The number of carbonyl (C=O) groups is 3. The minimum Gasteiger partial charge on any atom is -0.495 e. The average Bonchev–Trinajstić information content (AvgIpc) is 3.37. The van der Waals surface area contributed by atoms with E-state index in [1.807, 2.05) is 42.5 Å². The van der Waals surface area contributed by atoms with Crippen molar-refractivity contribution in [2.24, 2.45) is 16.9 Å². The summed E-state index contributed by atoms with van der Waals surface area (Å²) in [5, 5.41) is 9.09. The van der Waals surface area contributed by atoms with Crippen LogP contribution >= 0.6 is 0 Å². The summed E-state index contributed by atoms with van der Waals surface area (Å²) in [6.45, 7) is 0. The van der Waals surface area contributed by atoms with Gasteiger partial charge in [-0.1, -0.05) is 54.6 Å². The molecule has 35 heavy (non-hydrogen) atoms. The number of para-hydroxylation sites is 3. The van der Waals surface area contributed by atoms with Gasteiger partial charge < -0.3 is 10.1 Å². The van der Waals surface area contributed by atoms with E-state index in [0.717, 1.165) is 11.1 Å². The molecule has 4 unspecified atom stereocenters. The van der Waals surface area contributed by atoms with E-state index in [9.17, 15) is 14.4 Å². The summed E-state index contributed by atoms with van der Waals surface area (Å²) in [5.74, 6) is -2.42. The topological polar surface area (TPSA) is 91.3 Å². The van der Waals surface area contributed by atoms with Crippen LogP contribution in [0.5, 0.6) is 5.75 Å². The molecular formula is C27H22N4O4. The number of nitrogens with zero attached hydrogens (tertiary/aromatic N) is 3. The molecule has 8 nitrogen and oxygen atoms in total. The van der Waals surface area contributed by atoms with E-state index in [1.54, 1.807) is 47.6 Å². The van der Waals surface area contributed by atoms with Crippen LogP contribution in [0.25, 0.3) is 0 Å². The number of hydrogen-bond acceptors (Lipinski definition) is 6. The van der Waals surface area contributed by atoms with Crippen molar-refractivity contribution >= 4 is 35.3 Å². The third-order valence-electron chi connectivity index (χ3n) is 6.93. The minimum atomic E-state index is -0.953. The second kappa shape index (κ2) is 8.09. The van der Waals surface area contributed by atoms with Crippen molar-refractivity contribution < 1.29 is 19.1 Å². The van der Waals surface area contributed by atoms with Gasteiger partial charge in [-0.2, -0.15) is 5.10 Å². The number of carbonyl (C=O) groups excluding carboxylic acids is 3. The number of amides is 3. The summed E-state index contributed by atoms with van der Waals surface area (Å²) in [6, 6.07) is 22.1. The van der Waals surface area contributed by atoms with E-state index in [0.29, 0.717) is 17.1 Å². The molecule has 3 aliphatic heterocycles. The maximum absolute atomic E-state index is 13.9. The fourth-order valence-electron chi connectivity index (χ4n) is 5.46. The van der Waals surface area contributed by atoms with E-state index in [2.05, 4.69) is 10.4 Å². The Bertz CT molecular complexity index is 1370. The van der Waals surface area contributed by atoms with Crippen LogP contribution in [0.15, 0.2) is 84.0 Å². The summed E-state index contributed by atoms with van der Waals surface area (Å²) >= 11 is 0. The van der Waals surface area contributed by atoms with Gasteiger partial charge in [0.1, 0.15) is 11.8 Å². The number of ether oxygens (including phenoxy) is 1. The third kappa shape index (κ3) is 3.13. The molecule has 3 aromatic rings. The smallest absolute Gasteiger partial charge is 0.249 e. The van der Waals surface area contributed by atoms with Crippen molar-refractivity contribution in [1.82, 2.24) is 5.01 Å². The van der Waals surface area contributed by atoms with Crippen LogP contribution < -0.4 is 15.0 Å². The average molecular weight is 466 g/mol. The largest absolute Gasteiger partial charge is 0.495 e. The van der Waals surface area contributed by atoms with Crippen molar-refractivity contribution in [2.75, 3.05) is 17.3 Å². The Balaban J connectivity index is 1.46. The summed E-state index contributed by atoms with van der Waals surface area (Å²) in [7, 11) is 1.49. The number of hydrogen-bond donors (Lipinski definition) is 1. The minimum absolute atomic E-state index is 0.360. The van der Waals surface area contributed by atoms with Gasteiger partial charge in [-0.15, -0.1) is 0 Å². The van der Waals surface area contributed by atoms with E-state index in [-0.39, 0.29) is 11.8 Å². The van der Waals surface area contributed by atoms with Crippen molar-refractivity contribution in [3.8, 4) is 5.75 Å². The number of benzene rings is 3. The Morgan fingerprint density at radius 2 is 1.57 bits per heavy atom. The first-order valence-electron chi connectivity index (χ1n) is 11.4. The van der Waals surface area contributed by atoms with Crippen LogP contribution in [0.2, 0.25) is 0 Å². The molecule has 0 aliphatic carbocycles. The first-order chi connectivity index (χ1) is 17.1. The van der Waals surface area contributed by atoms with Crippen LogP contribution in [0.4, 0.5) is 11.4 Å². The monoisotopic (exact) mass is 466 g/mol. The van der Waals surface area contributed by atoms with Crippen LogP contribution in [-0.4, -0.2) is 42.1 Å². The Hall–Kier alpha value is -4.46. The highest BCUT2D eigenvalue weighted by molar-refractivity contribution is 6.25. The number of methoxy groups -OCH3 is 1. The molecule has 4 atom stereocenters. The molecule has 3 amide bonds. The fraction of sp³-hybridized carbons (Fsp3) is 0.185. The predicted octanol–water partition coefficient (Wildman–Crippen LogP) is 3.21. The second-order valence-electron chi connectivity index (χ2n) is 8.73. The van der Waals surface area contributed by atoms with Gasteiger partial charge in [-0.25, -0.2) is 4.90 Å². The highest BCUT2D eigenvalue weighted by atomic mass is 16.5. The molecule has 0 aromatic heterocycles. The summed E-state index contributed by atoms with van der Waals surface area (Å²) in [6.07, 6.45) is 1.68. The first-order valence-corrected chi connectivity index (χ1v) is 11.4. The first kappa shape index (κ1) is 21.1. The summed E-state index contributed by atoms with van der Waals surface area (Å²) in [5.41, 5.74) is 2.72. The standard InChI is InChI=1S/C27H22N4O4/c1-35-20-14-8-7-13-19(20)30-26(33)21-22(27(30)34)24(25(32)29-17-10-3-2-4-11-17)31-23(21)18-12-6-5-9-16(18)15-28-31/h2-15,21-24H,1H3,(H,29,32). The predicted molar refractivity (Wildman–Crippen MR) is 130 cm³/mol. The van der Waals surface area contributed by atoms with Crippen LogP contribution in [0.1, 0.15) is 17.2 Å². The summed E-state index contributed by atoms with van der Waals surface area (Å²) < 4.78 is 5.43. The lowest BCUT2D eigenvalue weighted by molar-refractivity contribution is -0.129. The van der Waals surface area contributed by atoms with Gasteiger partial charge in [0.15, 0.2) is 0 Å². The zero-order valence-electron chi connectivity index (χ0n) is 18.9. The molecule has 2 fully saturated rings. The quantitative estimate of drug-likeness (QED) is 0.597. The van der Waals surface area contributed by atoms with Gasteiger partial charge in [0, 0.05) is 5.69 Å². The van der Waals surface area contributed by atoms with Gasteiger partial charge in [0.2, 0.25) is 17.7 Å². The highest BCUT2D eigenvalue weighted by Crippen LogP contribution is 2.53. The van der Waals surface area contributed by atoms with Crippen molar-refractivity contribution in [3.05, 3.63) is 90.0 Å². The Labute approximate surface area is 201 Å². The van der Waals surface area contributed by atoms with Gasteiger partial charge in [-0.3, -0.25) is 19.4 Å². The molecule has 0 radical (unpaired) electrons. The molecule has 3 heterocycles. The maximum atomic E-state index is 13.9. The van der Waals surface area contributed by atoms with Crippen molar-refractivity contribution in [3.63, 3.8) is 0 Å². The van der Waals surface area contributed by atoms with E-state index >= 15 is 0 Å². The van der Waals surface area contributed by atoms with Crippen LogP contribution in [0.3, 0.4) is 0 Å². The highest BCUT2D eigenvalue weighted by Gasteiger charge is 2.65. The van der Waals surface area contributed by atoms with Gasteiger partial charge in [0.25, 0.3) is 0 Å². The number of fused-ring (bicyclic) bond motifs is 5. The second-order valence-corrected chi connectivity index (χ2v) is 8.73. The van der Waals surface area contributed by atoms with E-state index in [1.165, 1.54) is 12.0 Å². The zero-order valence-corrected chi connectivity index (χ0v) is 18.9. The molecule has 3 aliphatic rings. The molecule has 0 bridgehead atoms. The number of hydrazone groups is 1. The molecule has 2 saturated heterocycles. The Kier molecular flexibility index (Phi) is 4.88. The summed E-state index contributed by atoms with van der Waals surface area (Å²) in [4.78, 5) is 42.6. The number of imide groups is 1. The van der Waals surface area contributed by atoms with Crippen molar-refractivity contribution in [2.45, 2.75) is 12.1 Å². The lowest BCUT2D eigenvalue weighted by atomic mass is 9.85. The molecule has 3 aromatic carbocycles.